The Kier molecular flexibility index (Phi) is 9.43. The molecule has 8 nitrogen and oxygen atoms in total. The summed E-state index contributed by atoms with van der Waals surface area (Å²) in [6.07, 6.45) is -9.27. The van der Waals surface area contributed by atoms with Gasteiger partial charge in [-0.2, -0.15) is 26.3 Å². The van der Waals surface area contributed by atoms with Crippen LogP contribution in [0.2, 0.25) is 0 Å². The number of benzene rings is 2. The number of amides is 2. The number of aromatic nitrogens is 2. The first-order valence-electron chi connectivity index (χ1n) is 13.0. The van der Waals surface area contributed by atoms with Crippen molar-refractivity contribution < 1.29 is 40.7 Å². The summed E-state index contributed by atoms with van der Waals surface area (Å²) in [4.78, 5) is 28.2. The Balaban J connectivity index is 1.45. The minimum absolute atomic E-state index is 0.0215. The van der Waals surface area contributed by atoms with Gasteiger partial charge in [0.1, 0.15) is 12.3 Å². The molecule has 0 atom stereocenters. The summed E-state index contributed by atoms with van der Waals surface area (Å²) in [5, 5.41) is 9.27. The van der Waals surface area contributed by atoms with Gasteiger partial charge in [0.2, 0.25) is 0 Å². The standard InChI is InChI=1S/C29H25F6N5O3/c1-2-43-23-5-3-4-19(16-23)6-7-20-14-21(17-22(15-20)29(33,34)35)27(42)40-12-10-39(11-13-40)25-9-8-24(37-38-25)26(41)36-18-28(30,31)32/h3-5,8-9,14-17H,2,10-13,18H2,1H3,(H,36,41). The van der Waals surface area contributed by atoms with Crippen LogP contribution in [0.1, 0.15) is 44.5 Å². The van der Waals surface area contributed by atoms with Gasteiger partial charge < -0.3 is 19.9 Å². The summed E-state index contributed by atoms with van der Waals surface area (Å²) in [5.74, 6) is 4.79. The number of alkyl halides is 6. The lowest BCUT2D eigenvalue weighted by molar-refractivity contribution is -0.137. The van der Waals surface area contributed by atoms with E-state index in [1.807, 2.05) is 6.92 Å². The maximum atomic E-state index is 13.7. The molecule has 1 aromatic heterocycles. The third-order valence-electron chi connectivity index (χ3n) is 6.23. The van der Waals surface area contributed by atoms with Crippen LogP contribution in [0.4, 0.5) is 32.2 Å². The largest absolute Gasteiger partial charge is 0.494 e. The van der Waals surface area contributed by atoms with Gasteiger partial charge in [0.25, 0.3) is 11.8 Å². The molecular weight excluding hydrogens is 580 g/mol. The lowest BCUT2D eigenvalue weighted by Crippen LogP contribution is -2.49. The van der Waals surface area contributed by atoms with E-state index in [0.29, 0.717) is 23.7 Å². The molecule has 1 saturated heterocycles. The van der Waals surface area contributed by atoms with E-state index in [0.717, 1.165) is 12.1 Å². The van der Waals surface area contributed by atoms with Crippen LogP contribution >= 0.6 is 0 Å². The molecule has 1 aliphatic heterocycles. The van der Waals surface area contributed by atoms with Crippen molar-refractivity contribution in [1.82, 2.24) is 20.4 Å². The average Bonchev–Trinajstić information content (AvgIpc) is 2.98. The van der Waals surface area contributed by atoms with E-state index in [9.17, 15) is 35.9 Å². The average molecular weight is 606 g/mol. The van der Waals surface area contributed by atoms with E-state index < -0.39 is 36.3 Å². The number of hydrogen-bond acceptors (Lipinski definition) is 6. The Hall–Kier alpha value is -4.80. The number of nitrogens with one attached hydrogen (secondary N) is 1. The molecule has 43 heavy (non-hydrogen) atoms. The highest BCUT2D eigenvalue weighted by atomic mass is 19.4. The van der Waals surface area contributed by atoms with Gasteiger partial charge in [0, 0.05) is 42.9 Å². The van der Waals surface area contributed by atoms with Crippen LogP contribution in [0.25, 0.3) is 0 Å². The smallest absolute Gasteiger partial charge is 0.416 e. The van der Waals surface area contributed by atoms with Crippen LogP contribution in [-0.4, -0.2) is 72.4 Å². The van der Waals surface area contributed by atoms with Gasteiger partial charge in [0.05, 0.1) is 12.2 Å². The molecule has 3 aromatic rings. The highest BCUT2D eigenvalue weighted by molar-refractivity contribution is 5.95. The fraction of sp³-hybridized carbons (Fsp3) is 0.310. The van der Waals surface area contributed by atoms with Crippen LogP contribution in [0, 0.1) is 11.8 Å². The van der Waals surface area contributed by atoms with Gasteiger partial charge in [-0.25, -0.2) is 0 Å². The Bertz CT molecular complexity index is 1520. The van der Waals surface area contributed by atoms with Crippen LogP contribution in [0.15, 0.2) is 54.6 Å². The predicted octanol–water partition coefficient (Wildman–Crippen LogP) is 4.55. The molecule has 1 N–H and O–H groups in total. The quantitative estimate of drug-likeness (QED) is 0.328. The van der Waals surface area contributed by atoms with Crippen LogP contribution in [0.5, 0.6) is 5.75 Å². The maximum absolute atomic E-state index is 13.7. The van der Waals surface area contributed by atoms with Gasteiger partial charge >= 0.3 is 12.4 Å². The van der Waals surface area contributed by atoms with E-state index in [2.05, 4.69) is 22.0 Å². The van der Waals surface area contributed by atoms with Crippen molar-refractivity contribution in [2.75, 3.05) is 44.2 Å². The molecule has 0 radical (unpaired) electrons. The monoisotopic (exact) mass is 605 g/mol. The third-order valence-corrected chi connectivity index (χ3v) is 6.23. The van der Waals surface area contributed by atoms with Crippen LogP contribution in [0.3, 0.4) is 0 Å². The molecule has 0 aliphatic carbocycles. The highest BCUT2D eigenvalue weighted by Crippen LogP contribution is 2.31. The summed E-state index contributed by atoms with van der Waals surface area (Å²) in [5.41, 5.74) is -0.908. The zero-order chi connectivity index (χ0) is 31.2. The van der Waals surface area contributed by atoms with Gasteiger partial charge in [-0.1, -0.05) is 17.9 Å². The normalized spacial score (nSPS) is 13.7. The third kappa shape index (κ3) is 8.60. The molecule has 0 bridgehead atoms. The molecule has 2 aromatic carbocycles. The van der Waals surface area contributed by atoms with Crippen LogP contribution < -0.4 is 15.0 Å². The number of carbonyl (C=O) groups is 2. The summed E-state index contributed by atoms with van der Waals surface area (Å²) in [6.45, 7) is 1.56. The second kappa shape index (κ2) is 13.0. The lowest BCUT2D eigenvalue weighted by atomic mass is 10.0. The molecule has 2 heterocycles. The number of carbonyl (C=O) groups excluding carboxylic acids is 2. The minimum Gasteiger partial charge on any atom is -0.494 e. The molecule has 1 aliphatic rings. The van der Waals surface area contributed by atoms with E-state index in [1.165, 1.54) is 23.1 Å². The number of ether oxygens (including phenoxy) is 1. The van der Waals surface area contributed by atoms with Crippen molar-refractivity contribution in [2.45, 2.75) is 19.3 Å². The fourth-order valence-electron chi connectivity index (χ4n) is 4.17. The maximum Gasteiger partial charge on any atom is 0.416 e. The van der Waals surface area contributed by atoms with Crippen molar-refractivity contribution in [3.63, 3.8) is 0 Å². The molecule has 1 fully saturated rings. The van der Waals surface area contributed by atoms with Crippen molar-refractivity contribution in [3.05, 3.63) is 82.5 Å². The number of nitrogens with zero attached hydrogens (tertiary/aromatic N) is 4. The lowest BCUT2D eigenvalue weighted by Gasteiger charge is -2.35. The van der Waals surface area contributed by atoms with Crippen molar-refractivity contribution >= 4 is 17.6 Å². The number of rotatable bonds is 6. The van der Waals surface area contributed by atoms with Crippen molar-refractivity contribution in [3.8, 4) is 17.6 Å². The SMILES string of the molecule is CCOc1cccc(C#Cc2cc(C(=O)N3CCN(c4ccc(C(=O)NCC(F)(F)F)nn4)CC3)cc(C(F)(F)F)c2)c1. The Morgan fingerprint density at radius 1 is 0.907 bits per heavy atom. The fourth-order valence-corrected chi connectivity index (χ4v) is 4.17. The topological polar surface area (TPSA) is 87.7 Å². The number of anilines is 1. The van der Waals surface area contributed by atoms with Crippen molar-refractivity contribution in [1.29, 1.82) is 0 Å². The Morgan fingerprint density at radius 3 is 2.26 bits per heavy atom. The first-order valence-corrected chi connectivity index (χ1v) is 13.0. The summed E-state index contributed by atoms with van der Waals surface area (Å²) in [6, 6.07) is 12.4. The second-order valence-corrected chi connectivity index (χ2v) is 9.36. The molecule has 14 heteroatoms. The second-order valence-electron chi connectivity index (χ2n) is 9.36. The summed E-state index contributed by atoms with van der Waals surface area (Å²) >= 11 is 0. The van der Waals surface area contributed by atoms with Gasteiger partial charge in [-0.15, -0.1) is 10.2 Å². The van der Waals surface area contributed by atoms with E-state index in [-0.39, 0.29) is 43.0 Å². The van der Waals surface area contributed by atoms with E-state index in [1.54, 1.807) is 34.5 Å². The number of hydrogen-bond donors (Lipinski definition) is 1. The highest BCUT2D eigenvalue weighted by Gasteiger charge is 2.33. The zero-order valence-corrected chi connectivity index (χ0v) is 22.7. The molecule has 2 amide bonds. The first kappa shape index (κ1) is 31.1. The van der Waals surface area contributed by atoms with Gasteiger partial charge in [-0.05, 0) is 55.5 Å². The van der Waals surface area contributed by atoms with Crippen LogP contribution in [-0.2, 0) is 6.18 Å². The van der Waals surface area contributed by atoms with E-state index in [4.69, 9.17) is 4.74 Å². The molecular formula is C29H25F6N5O3. The molecule has 0 saturated carbocycles. The molecule has 226 valence electrons. The zero-order valence-electron chi connectivity index (χ0n) is 22.7. The summed E-state index contributed by atoms with van der Waals surface area (Å²) < 4.78 is 83.4. The van der Waals surface area contributed by atoms with Gasteiger partial charge in [0.15, 0.2) is 11.5 Å². The summed E-state index contributed by atoms with van der Waals surface area (Å²) in [7, 11) is 0. The molecule has 4 rings (SSSR count). The predicted molar refractivity (Wildman–Crippen MR) is 144 cm³/mol. The molecule has 0 unspecified atom stereocenters. The van der Waals surface area contributed by atoms with E-state index >= 15 is 0 Å². The number of piperazine rings is 1. The first-order chi connectivity index (χ1) is 20.3. The van der Waals surface area contributed by atoms with Gasteiger partial charge in [-0.3, -0.25) is 9.59 Å². The molecule has 0 spiro atoms. The van der Waals surface area contributed by atoms with Crippen molar-refractivity contribution in [2.24, 2.45) is 0 Å². The Labute approximate surface area is 242 Å². The Morgan fingerprint density at radius 2 is 1.63 bits per heavy atom. The number of halogens is 6. The minimum atomic E-state index is -4.70.